The molecule has 6 nitrogen and oxygen atoms in total. The Labute approximate surface area is 161 Å². The Hall–Kier alpha value is -2.50. The third-order valence-electron chi connectivity index (χ3n) is 4.97. The quantitative estimate of drug-likeness (QED) is 0.899. The van der Waals surface area contributed by atoms with Gasteiger partial charge >= 0.3 is 0 Å². The molecule has 1 aliphatic heterocycles. The first-order valence-electron chi connectivity index (χ1n) is 9.61. The van der Waals surface area contributed by atoms with Gasteiger partial charge in [-0.3, -0.25) is 9.48 Å². The molecule has 1 aliphatic rings. The Morgan fingerprint density at radius 3 is 2.26 bits per heavy atom. The number of phenols is 1. The summed E-state index contributed by atoms with van der Waals surface area (Å²) in [5.74, 6) is 0.566. The predicted octanol–water partition coefficient (Wildman–Crippen LogP) is 3.43. The highest BCUT2D eigenvalue weighted by atomic mass is 16.3. The van der Waals surface area contributed by atoms with Gasteiger partial charge in [-0.05, 0) is 44.9 Å². The van der Waals surface area contributed by atoms with Crippen molar-refractivity contribution in [3.05, 3.63) is 41.7 Å². The second-order valence-electron chi connectivity index (χ2n) is 8.46. The van der Waals surface area contributed by atoms with Gasteiger partial charge in [0, 0.05) is 31.9 Å². The molecular formula is C21H30N4O2. The Bertz CT molecular complexity index is 812. The van der Waals surface area contributed by atoms with E-state index in [0.29, 0.717) is 37.8 Å². The van der Waals surface area contributed by atoms with Gasteiger partial charge in [0.05, 0.1) is 11.2 Å². The summed E-state index contributed by atoms with van der Waals surface area (Å²) < 4.78 is 1.98. The lowest BCUT2D eigenvalue weighted by atomic mass is 10.1. The Morgan fingerprint density at radius 1 is 1.11 bits per heavy atom. The summed E-state index contributed by atoms with van der Waals surface area (Å²) in [6.07, 6.45) is 0. The lowest BCUT2D eigenvalue weighted by Crippen LogP contribution is -2.49. The van der Waals surface area contributed by atoms with Gasteiger partial charge in [-0.25, -0.2) is 0 Å². The van der Waals surface area contributed by atoms with Crippen LogP contribution in [-0.4, -0.2) is 51.9 Å². The van der Waals surface area contributed by atoms with E-state index in [9.17, 15) is 9.90 Å². The second kappa shape index (κ2) is 7.25. The molecule has 2 aromatic rings. The van der Waals surface area contributed by atoms with E-state index in [4.69, 9.17) is 0 Å². The lowest BCUT2D eigenvalue weighted by molar-refractivity contribution is 0.0739. The number of piperazine rings is 1. The highest BCUT2D eigenvalue weighted by Crippen LogP contribution is 2.28. The number of nitrogens with zero attached hydrogens (tertiary/aromatic N) is 4. The van der Waals surface area contributed by atoms with Crippen LogP contribution in [-0.2, 0) is 5.54 Å². The smallest absolute Gasteiger partial charge is 0.274 e. The molecule has 3 rings (SSSR count). The molecule has 0 aliphatic carbocycles. The molecule has 0 bridgehead atoms. The zero-order valence-electron chi connectivity index (χ0n) is 16.9. The minimum Gasteiger partial charge on any atom is -0.506 e. The van der Waals surface area contributed by atoms with Crippen LogP contribution in [0.3, 0.4) is 0 Å². The number of amides is 1. The molecule has 0 unspecified atom stereocenters. The van der Waals surface area contributed by atoms with Crippen molar-refractivity contribution < 1.29 is 9.90 Å². The molecule has 1 saturated heterocycles. The average Bonchev–Trinajstić information content (AvgIpc) is 3.08. The molecule has 1 fully saturated rings. The number of benzene rings is 1. The fraction of sp³-hybridized carbons (Fsp3) is 0.524. The van der Waals surface area contributed by atoms with E-state index in [1.807, 2.05) is 33.8 Å². The number of aromatic nitrogens is 2. The number of carbonyl (C=O) groups excluding carboxylic acids is 1. The minimum absolute atomic E-state index is 0.0168. The van der Waals surface area contributed by atoms with Crippen LogP contribution in [0.4, 0.5) is 5.69 Å². The molecule has 0 atom stereocenters. The summed E-state index contributed by atoms with van der Waals surface area (Å²) in [6, 6.07) is 9.27. The van der Waals surface area contributed by atoms with Gasteiger partial charge in [-0.2, -0.15) is 5.10 Å². The van der Waals surface area contributed by atoms with E-state index in [1.165, 1.54) is 0 Å². The summed E-state index contributed by atoms with van der Waals surface area (Å²) >= 11 is 0. The summed E-state index contributed by atoms with van der Waals surface area (Å²) in [6.45, 7) is 13.2. The van der Waals surface area contributed by atoms with Gasteiger partial charge in [-0.1, -0.05) is 26.0 Å². The van der Waals surface area contributed by atoms with Crippen molar-refractivity contribution in [1.29, 1.82) is 0 Å². The predicted molar refractivity (Wildman–Crippen MR) is 108 cm³/mol. The first kappa shape index (κ1) is 19.3. The molecule has 6 heteroatoms. The van der Waals surface area contributed by atoms with Crippen molar-refractivity contribution in [3.63, 3.8) is 0 Å². The third kappa shape index (κ3) is 3.94. The zero-order valence-corrected chi connectivity index (χ0v) is 16.9. The maximum atomic E-state index is 13.0. The molecular weight excluding hydrogens is 340 g/mol. The standard InChI is InChI=1S/C21H30N4O2/c1-15(2)18-14-16(22-25(18)21(3,4)5)20(27)24-12-10-23(11-13-24)17-8-6-7-9-19(17)26/h6-9,14-15,26H,10-13H2,1-5H3. The van der Waals surface area contributed by atoms with Crippen LogP contribution in [0.25, 0.3) is 0 Å². The van der Waals surface area contributed by atoms with Crippen molar-refractivity contribution in [2.75, 3.05) is 31.1 Å². The molecule has 0 radical (unpaired) electrons. The van der Waals surface area contributed by atoms with Crippen LogP contribution in [0.2, 0.25) is 0 Å². The lowest BCUT2D eigenvalue weighted by Gasteiger charge is -2.36. The molecule has 27 heavy (non-hydrogen) atoms. The van der Waals surface area contributed by atoms with Crippen LogP contribution in [0.15, 0.2) is 30.3 Å². The molecule has 2 heterocycles. The number of hydrogen-bond acceptors (Lipinski definition) is 4. The van der Waals surface area contributed by atoms with Crippen molar-refractivity contribution in [2.24, 2.45) is 0 Å². The maximum absolute atomic E-state index is 13.0. The second-order valence-corrected chi connectivity index (χ2v) is 8.46. The van der Waals surface area contributed by atoms with Gasteiger partial charge < -0.3 is 14.9 Å². The molecule has 1 N–H and O–H groups in total. The molecule has 1 amide bonds. The Balaban J connectivity index is 1.74. The number of rotatable bonds is 3. The number of carbonyl (C=O) groups is 1. The number of hydrogen-bond donors (Lipinski definition) is 1. The van der Waals surface area contributed by atoms with Crippen LogP contribution in [0.5, 0.6) is 5.75 Å². The van der Waals surface area contributed by atoms with E-state index in [0.717, 1.165) is 11.4 Å². The number of phenolic OH excluding ortho intramolecular Hbond substituents is 1. The zero-order chi connectivity index (χ0) is 19.8. The van der Waals surface area contributed by atoms with Gasteiger partial charge in [0.2, 0.25) is 0 Å². The number of anilines is 1. The highest BCUT2D eigenvalue weighted by Gasteiger charge is 2.28. The van der Waals surface area contributed by atoms with Crippen molar-refractivity contribution in [2.45, 2.75) is 46.1 Å². The Morgan fingerprint density at radius 2 is 1.74 bits per heavy atom. The van der Waals surface area contributed by atoms with Gasteiger partial charge in [0.25, 0.3) is 5.91 Å². The molecule has 0 saturated carbocycles. The summed E-state index contributed by atoms with van der Waals surface area (Å²) in [5.41, 5.74) is 2.26. The molecule has 0 spiro atoms. The van der Waals surface area contributed by atoms with Gasteiger partial charge in [0.15, 0.2) is 5.69 Å². The minimum atomic E-state index is -0.165. The molecule has 1 aromatic heterocycles. The summed E-state index contributed by atoms with van der Waals surface area (Å²) in [7, 11) is 0. The van der Waals surface area contributed by atoms with Crippen molar-refractivity contribution in [1.82, 2.24) is 14.7 Å². The van der Waals surface area contributed by atoms with Crippen molar-refractivity contribution >= 4 is 11.6 Å². The SMILES string of the molecule is CC(C)c1cc(C(=O)N2CCN(c3ccccc3O)CC2)nn1C(C)(C)C. The third-order valence-corrected chi connectivity index (χ3v) is 4.97. The van der Waals surface area contributed by atoms with E-state index < -0.39 is 0 Å². The summed E-state index contributed by atoms with van der Waals surface area (Å²) in [5, 5.41) is 14.7. The van der Waals surface area contributed by atoms with Gasteiger partial charge in [0.1, 0.15) is 5.75 Å². The monoisotopic (exact) mass is 370 g/mol. The van der Waals surface area contributed by atoms with Crippen LogP contribution in [0.1, 0.15) is 56.7 Å². The van der Waals surface area contributed by atoms with Gasteiger partial charge in [-0.15, -0.1) is 0 Å². The summed E-state index contributed by atoms with van der Waals surface area (Å²) in [4.78, 5) is 17.0. The Kier molecular flexibility index (Phi) is 5.18. The number of para-hydroxylation sites is 2. The van der Waals surface area contributed by atoms with E-state index in [2.05, 4.69) is 44.6 Å². The van der Waals surface area contributed by atoms with Crippen LogP contribution in [0, 0.1) is 0 Å². The normalized spacial score (nSPS) is 15.5. The fourth-order valence-electron chi connectivity index (χ4n) is 3.49. The molecule has 1 aromatic carbocycles. The van der Waals surface area contributed by atoms with E-state index in [1.54, 1.807) is 6.07 Å². The van der Waals surface area contributed by atoms with Crippen LogP contribution < -0.4 is 4.90 Å². The first-order chi connectivity index (χ1) is 12.7. The van der Waals surface area contributed by atoms with E-state index in [-0.39, 0.29) is 17.2 Å². The fourth-order valence-corrected chi connectivity index (χ4v) is 3.49. The maximum Gasteiger partial charge on any atom is 0.274 e. The topological polar surface area (TPSA) is 61.6 Å². The van der Waals surface area contributed by atoms with Crippen molar-refractivity contribution in [3.8, 4) is 5.75 Å². The van der Waals surface area contributed by atoms with Crippen LogP contribution >= 0.6 is 0 Å². The average molecular weight is 370 g/mol. The highest BCUT2D eigenvalue weighted by molar-refractivity contribution is 5.92. The largest absolute Gasteiger partial charge is 0.506 e. The first-order valence-corrected chi connectivity index (χ1v) is 9.61. The number of aromatic hydroxyl groups is 1. The molecule has 146 valence electrons. The van der Waals surface area contributed by atoms with E-state index >= 15 is 0 Å².